The van der Waals surface area contributed by atoms with Crippen LogP contribution in [0.2, 0.25) is 5.02 Å². The summed E-state index contributed by atoms with van der Waals surface area (Å²) in [7, 11) is 2.56. The molecule has 1 fully saturated rings. The molecule has 63 heavy (non-hydrogen) atoms. The lowest BCUT2D eigenvalue weighted by Crippen LogP contribution is -2.62. The molecule has 0 aliphatic carbocycles. The average molecular weight is 898 g/mol. The van der Waals surface area contributed by atoms with Crippen LogP contribution in [0, 0.1) is 0 Å². The molecule has 1 aromatic heterocycles. The van der Waals surface area contributed by atoms with Crippen molar-refractivity contribution in [2.75, 3.05) is 6.61 Å². The second-order valence-corrected chi connectivity index (χ2v) is 16.4. The van der Waals surface area contributed by atoms with E-state index in [1.807, 2.05) is 36.4 Å². The number of esters is 4. The molecule has 8 rings (SSSR count). The standard InChI is InChI=1S/C48H36ClN3O9S2/c49-35-25-16-28-37(29-35)52-47(50-36-26-14-5-15-27-36)62-63-48(52)51-42-41(61-46(56)34-23-12-4-13-24-34)40(60-45(55)33-21-10-3-11-22-33)39(59-44(54)32-19-8-2-9-20-32)38(58-42)30-57-43(53)31-17-6-1-7-18-31/h1-29,38-42H,30H2/b50-47?,51-48+/t38-,39-,40+,41-,42-/m1/s1. The topological polar surface area (TPSA) is 144 Å². The zero-order valence-electron chi connectivity index (χ0n) is 33.0. The Morgan fingerprint density at radius 2 is 1.00 bits per heavy atom. The summed E-state index contributed by atoms with van der Waals surface area (Å²) in [6, 6.07) is 49.3. The zero-order valence-corrected chi connectivity index (χ0v) is 35.4. The lowest BCUT2D eigenvalue weighted by molar-refractivity contribution is -0.227. The molecule has 12 nitrogen and oxygen atoms in total. The normalized spacial score (nSPS) is 18.8. The number of benzene rings is 6. The smallest absolute Gasteiger partial charge is 0.338 e. The third kappa shape index (κ3) is 10.6. The minimum Gasteiger partial charge on any atom is -0.459 e. The van der Waals surface area contributed by atoms with Gasteiger partial charge in [-0.3, -0.25) is 4.57 Å². The number of para-hydroxylation sites is 1. The molecular formula is C48H36ClN3O9S2. The molecular weight excluding hydrogens is 862 g/mol. The molecule has 0 bridgehead atoms. The van der Waals surface area contributed by atoms with Crippen LogP contribution in [0.25, 0.3) is 5.69 Å². The van der Waals surface area contributed by atoms with Crippen LogP contribution in [-0.4, -0.2) is 65.7 Å². The number of nitrogens with zero attached hydrogens (tertiary/aromatic N) is 3. The highest BCUT2D eigenvalue weighted by Gasteiger charge is 2.53. The summed E-state index contributed by atoms with van der Waals surface area (Å²) in [5.74, 6) is -3.12. The summed E-state index contributed by atoms with van der Waals surface area (Å²) >= 11 is 6.52. The van der Waals surface area contributed by atoms with Crippen molar-refractivity contribution in [3.05, 3.63) is 213 Å². The molecule has 0 radical (unpaired) electrons. The van der Waals surface area contributed by atoms with Gasteiger partial charge in [-0.15, -0.1) is 0 Å². The number of carbonyl (C=O) groups excluding carboxylic acids is 4. The molecule has 1 saturated heterocycles. The highest BCUT2D eigenvalue weighted by atomic mass is 35.5. The van der Waals surface area contributed by atoms with Gasteiger partial charge in [0.15, 0.2) is 24.5 Å². The van der Waals surface area contributed by atoms with Gasteiger partial charge in [0.05, 0.1) is 33.6 Å². The number of ether oxygens (including phenoxy) is 5. The van der Waals surface area contributed by atoms with E-state index in [0.29, 0.717) is 26.0 Å². The quantitative estimate of drug-likeness (QED) is 0.0669. The Bertz CT molecular complexity index is 2820. The van der Waals surface area contributed by atoms with E-state index >= 15 is 0 Å². The van der Waals surface area contributed by atoms with Gasteiger partial charge in [-0.2, -0.15) is 0 Å². The average Bonchev–Trinajstić information content (AvgIpc) is 3.72. The fourth-order valence-corrected chi connectivity index (χ4v) is 8.93. The van der Waals surface area contributed by atoms with Crippen LogP contribution in [0.15, 0.2) is 186 Å². The van der Waals surface area contributed by atoms with E-state index in [4.69, 9.17) is 45.3 Å². The summed E-state index contributed by atoms with van der Waals surface area (Å²) in [5, 5.41) is 0.452. The van der Waals surface area contributed by atoms with Crippen LogP contribution >= 0.6 is 32.3 Å². The zero-order chi connectivity index (χ0) is 43.5. The van der Waals surface area contributed by atoms with Crippen molar-refractivity contribution in [3.63, 3.8) is 0 Å². The number of rotatable bonds is 12. The van der Waals surface area contributed by atoms with Gasteiger partial charge in [-0.1, -0.05) is 109 Å². The largest absolute Gasteiger partial charge is 0.459 e. The molecule has 0 spiro atoms. The Morgan fingerprint density at radius 3 is 1.52 bits per heavy atom. The van der Waals surface area contributed by atoms with E-state index in [-0.39, 0.29) is 22.3 Å². The second kappa shape index (κ2) is 20.3. The van der Waals surface area contributed by atoms with Crippen LogP contribution in [0.4, 0.5) is 5.69 Å². The Morgan fingerprint density at radius 1 is 0.540 bits per heavy atom. The third-order valence-corrected chi connectivity index (χ3v) is 11.9. The predicted octanol–water partition coefficient (Wildman–Crippen LogP) is 8.65. The van der Waals surface area contributed by atoms with Gasteiger partial charge < -0.3 is 23.7 Å². The van der Waals surface area contributed by atoms with Crippen molar-refractivity contribution in [1.29, 1.82) is 0 Å². The summed E-state index contributed by atoms with van der Waals surface area (Å²) in [6.07, 6.45) is -7.48. The van der Waals surface area contributed by atoms with E-state index < -0.39 is 61.1 Å². The summed E-state index contributed by atoms with van der Waals surface area (Å²) in [6.45, 7) is -0.499. The molecule has 0 saturated carbocycles. The minimum absolute atomic E-state index is 0.164. The molecule has 1 aliphatic rings. The number of halogens is 1. The van der Waals surface area contributed by atoms with Gasteiger partial charge in [0, 0.05) is 5.02 Å². The Hall–Kier alpha value is -6.97. The minimum atomic E-state index is -1.59. The van der Waals surface area contributed by atoms with E-state index in [1.54, 1.807) is 144 Å². The fraction of sp³-hybridized carbons (Fsp3) is 0.125. The third-order valence-electron chi connectivity index (χ3n) is 9.61. The SMILES string of the molecule is O=C(OC[C@H]1O[C@@H](/N=c2/ssc(=Nc3ccccc3)n2-c2cccc(Cl)c2)[C@H](OC(=O)c2ccccc2)[C@@H](OC(=O)c2ccccc2)[C@@H]1OC(=O)c1ccccc1)c1ccccc1. The molecule has 6 aromatic carbocycles. The van der Waals surface area contributed by atoms with Gasteiger partial charge >= 0.3 is 23.9 Å². The van der Waals surface area contributed by atoms with Gasteiger partial charge in [-0.25, -0.2) is 29.2 Å². The molecule has 15 heteroatoms. The molecule has 5 atom stereocenters. The number of hydrogen-bond acceptors (Lipinski definition) is 13. The number of hydrogen-bond donors (Lipinski definition) is 0. The Kier molecular flexibility index (Phi) is 13.7. The van der Waals surface area contributed by atoms with Crippen LogP contribution in [0.5, 0.6) is 0 Å². The van der Waals surface area contributed by atoms with Gasteiger partial charge in [0.2, 0.25) is 9.60 Å². The Labute approximate surface area is 373 Å². The number of aromatic nitrogens is 1. The maximum atomic E-state index is 14.1. The van der Waals surface area contributed by atoms with Crippen molar-refractivity contribution in [1.82, 2.24) is 4.57 Å². The summed E-state index contributed by atoms with van der Waals surface area (Å²) in [5.41, 5.74) is 2.05. The van der Waals surface area contributed by atoms with Crippen molar-refractivity contribution in [2.24, 2.45) is 9.98 Å². The maximum Gasteiger partial charge on any atom is 0.338 e. The fourth-order valence-electron chi connectivity index (χ4n) is 6.58. The van der Waals surface area contributed by atoms with E-state index in [0.717, 1.165) is 0 Å². The Balaban J connectivity index is 1.30. The molecule has 7 aromatic rings. The van der Waals surface area contributed by atoms with Crippen molar-refractivity contribution in [2.45, 2.75) is 30.6 Å². The first-order valence-electron chi connectivity index (χ1n) is 19.6. The molecule has 0 N–H and O–H groups in total. The van der Waals surface area contributed by atoms with E-state index in [9.17, 15) is 19.2 Å². The van der Waals surface area contributed by atoms with Gasteiger partial charge in [-0.05, 0) is 99.5 Å². The maximum absolute atomic E-state index is 14.1. The van der Waals surface area contributed by atoms with Crippen molar-refractivity contribution >= 4 is 61.8 Å². The molecule has 1 aliphatic heterocycles. The van der Waals surface area contributed by atoms with Gasteiger partial charge in [0.1, 0.15) is 12.7 Å². The first-order chi connectivity index (χ1) is 30.8. The van der Waals surface area contributed by atoms with Crippen LogP contribution in [0.3, 0.4) is 0 Å². The van der Waals surface area contributed by atoms with Crippen molar-refractivity contribution < 1.29 is 42.9 Å². The van der Waals surface area contributed by atoms with Crippen LogP contribution in [-0.2, 0) is 23.7 Å². The first-order valence-corrected chi connectivity index (χ1v) is 22.1. The second-order valence-electron chi connectivity index (χ2n) is 13.9. The summed E-state index contributed by atoms with van der Waals surface area (Å²) in [4.78, 5) is 66.4. The van der Waals surface area contributed by atoms with E-state index in [1.165, 1.54) is 20.7 Å². The number of carbonyl (C=O) groups is 4. The lowest BCUT2D eigenvalue weighted by Gasteiger charge is -2.43. The van der Waals surface area contributed by atoms with Crippen LogP contribution < -0.4 is 9.60 Å². The highest BCUT2D eigenvalue weighted by Crippen LogP contribution is 2.32. The first kappa shape index (κ1) is 42.7. The molecule has 0 amide bonds. The van der Waals surface area contributed by atoms with E-state index in [2.05, 4.69) is 0 Å². The predicted molar refractivity (Wildman–Crippen MR) is 236 cm³/mol. The highest BCUT2D eigenvalue weighted by molar-refractivity contribution is 7.67. The molecule has 2 heterocycles. The monoisotopic (exact) mass is 897 g/mol. The molecule has 0 unspecified atom stereocenters. The van der Waals surface area contributed by atoms with Crippen LogP contribution in [0.1, 0.15) is 41.4 Å². The molecule has 316 valence electrons. The van der Waals surface area contributed by atoms with Gasteiger partial charge in [0.25, 0.3) is 0 Å². The summed E-state index contributed by atoms with van der Waals surface area (Å²) < 4.78 is 33.0. The van der Waals surface area contributed by atoms with Crippen molar-refractivity contribution in [3.8, 4) is 5.69 Å². The lowest BCUT2D eigenvalue weighted by atomic mass is 9.97.